The quantitative estimate of drug-likeness (QED) is 0.823. The molecule has 2 aliphatic rings. The van der Waals surface area contributed by atoms with Crippen LogP contribution in [0.25, 0.3) is 0 Å². The fourth-order valence-electron chi connectivity index (χ4n) is 3.23. The van der Waals surface area contributed by atoms with Crippen LogP contribution in [0.5, 0.6) is 0 Å². The second-order valence-electron chi connectivity index (χ2n) is 6.01. The molecule has 104 valence electrons. The van der Waals surface area contributed by atoms with Gasteiger partial charge in [-0.15, -0.1) is 0 Å². The van der Waals surface area contributed by atoms with Crippen molar-refractivity contribution in [1.82, 2.24) is 15.1 Å². The first-order valence-electron chi connectivity index (χ1n) is 7.35. The number of carbonyl (C=O) groups is 1. The second kappa shape index (κ2) is 5.57. The van der Waals surface area contributed by atoms with Gasteiger partial charge >= 0.3 is 0 Å². The van der Waals surface area contributed by atoms with Crippen molar-refractivity contribution in [2.45, 2.75) is 58.8 Å². The predicted octanol–water partition coefficient (Wildman–Crippen LogP) is 1.27. The van der Waals surface area contributed by atoms with Gasteiger partial charge in [0.25, 0.3) is 0 Å². The largest absolute Gasteiger partial charge is 0.321 e. The summed E-state index contributed by atoms with van der Waals surface area (Å²) in [7, 11) is 0. The molecule has 0 bridgehead atoms. The van der Waals surface area contributed by atoms with Crippen molar-refractivity contribution in [3.8, 4) is 0 Å². The Morgan fingerprint density at radius 2 is 2.17 bits per heavy atom. The van der Waals surface area contributed by atoms with Crippen molar-refractivity contribution in [1.29, 1.82) is 0 Å². The highest BCUT2D eigenvalue weighted by atomic mass is 16.2. The molecule has 1 amide bonds. The maximum Gasteiger partial charge on any atom is 0.241 e. The van der Waals surface area contributed by atoms with E-state index in [4.69, 9.17) is 0 Å². The molecule has 0 radical (unpaired) electrons. The van der Waals surface area contributed by atoms with E-state index >= 15 is 0 Å². The number of nitrogens with zero attached hydrogens (tertiary/aromatic N) is 2. The maximum absolute atomic E-state index is 12.4. The van der Waals surface area contributed by atoms with E-state index in [0.717, 1.165) is 19.5 Å². The average Bonchev–Trinajstić information content (AvgIpc) is 2.66. The fourth-order valence-corrected chi connectivity index (χ4v) is 3.23. The third-order valence-electron chi connectivity index (χ3n) is 4.30. The molecule has 2 rings (SSSR count). The van der Waals surface area contributed by atoms with Crippen molar-refractivity contribution in [2.24, 2.45) is 5.92 Å². The van der Waals surface area contributed by atoms with E-state index in [1.807, 2.05) is 6.92 Å². The first-order chi connectivity index (χ1) is 8.54. The lowest BCUT2D eigenvalue weighted by Crippen LogP contribution is -2.53. The van der Waals surface area contributed by atoms with Crippen molar-refractivity contribution < 1.29 is 4.79 Å². The Labute approximate surface area is 111 Å². The van der Waals surface area contributed by atoms with Gasteiger partial charge in [0.05, 0.1) is 12.2 Å². The van der Waals surface area contributed by atoms with Gasteiger partial charge in [-0.25, -0.2) is 0 Å². The average molecular weight is 253 g/mol. The van der Waals surface area contributed by atoms with Gasteiger partial charge < -0.3 is 9.80 Å². The van der Waals surface area contributed by atoms with E-state index in [9.17, 15) is 4.79 Å². The lowest BCUT2D eigenvalue weighted by molar-refractivity contribution is -0.133. The number of nitrogens with one attached hydrogen (secondary N) is 1. The minimum absolute atomic E-state index is 0.0191. The number of likely N-dealkylation sites (N-methyl/N-ethyl adjacent to an activating group) is 1. The topological polar surface area (TPSA) is 35.6 Å². The summed E-state index contributed by atoms with van der Waals surface area (Å²) in [6.45, 7) is 11.9. The smallest absolute Gasteiger partial charge is 0.241 e. The molecule has 4 heteroatoms. The molecule has 0 spiro atoms. The molecule has 0 saturated carbocycles. The van der Waals surface area contributed by atoms with Crippen LogP contribution < -0.4 is 5.32 Å². The predicted molar refractivity (Wildman–Crippen MR) is 73.2 cm³/mol. The number of hydrogen-bond acceptors (Lipinski definition) is 3. The molecule has 2 saturated heterocycles. The van der Waals surface area contributed by atoms with Crippen LogP contribution in [-0.4, -0.2) is 53.6 Å². The zero-order valence-corrected chi connectivity index (χ0v) is 12.1. The molecule has 2 heterocycles. The summed E-state index contributed by atoms with van der Waals surface area (Å²) in [6.07, 6.45) is 2.58. The lowest BCUT2D eigenvalue weighted by Gasteiger charge is -2.40. The Morgan fingerprint density at radius 1 is 1.44 bits per heavy atom. The standard InChI is InChI=1S/C14H27N3O/c1-5-16-8-6-7-12(9-16)17-13(10(2)3)15-11(4)14(17)18/h10-13,15H,5-9H2,1-4H3. The van der Waals surface area contributed by atoms with Gasteiger partial charge in [-0.3, -0.25) is 10.1 Å². The Balaban J connectivity index is 2.11. The normalized spacial score (nSPS) is 34.6. The van der Waals surface area contributed by atoms with Crippen LogP contribution in [0.15, 0.2) is 0 Å². The highest BCUT2D eigenvalue weighted by molar-refractivity contribution is 5.84. The minimum Gasteiger partial charge on any atom is -0.321 e. The number of amides is 1. The van der Waals surface area contributed by atoms with Gasteiger partial charge in [0.15, 0.2) is 0 Å². The Bertz CT molecular complexity index is 305. The van der Waals surface area contributed by atoms with Crippen LogP contribution in [0, 0.1) is 5.92 Å². The zero-order valence-electron chi connectivity index (χ0n) is 12.1. The number of piperidine rings is 1. The van der Waals surface area contributed by atoms with Gasteiger partial charge in [-0.1, -0.05) is 20.8 Å². The van der Waals surface area contributed by atoms with Crippen LogP contribution in [-0.2, 0) is 4.79 Å². The highest BCUT2D eigenvalue weighted by Gasteiger charge is 2.42. The van der Waals surface area contributed by atoms with E-state index in [1.54, 1.807) is 0 Å². The van der Waals surface area contributed by atoms with E-state index in [1.165, 1.54) is 13.0 Å². The number of hydrogen-bond donors (Lipinski definition) is 1. The van der Waals surface area contributed by atoms with Crippen LogP contribution >= 0.6 is 0 Å². The van der Waals surface area contributed by atoms with Crippen LogP contribution in [0.4, 0.5) is 0 Å². The summed E-state index contributed by atoms with van der Waals surface area (Å²) in [5, 5.41) is 3.44. The highest BCUT2D eigenvalue weighted by Crippen LogP contribution is 2.25. The summed E-state index contributed by atoms with van der Waals surface area (Å²) in [6, 6.07) is 0.380. The van der Waals surface area contributed by atoms with Crippen LogP contribution in [0.3, 0.4) is 0 Å². The second-order valence-corrected chi connectivity index (χ2v) is 6.01. The van der Waals surface area contributed by atoms with Gasteiger partial charge in [0.1, 0.15) is 0 Å². The zero-order chi connectivity index (χ0) is 13.3. The molecule has 3 unspecified atom stereocenters. The monoisotopic (exact) mass is 253 g/mol. The van der Waals surface area contributed by atoms with Gasteiger partial charge in [-0.05, 0) is 38.8 Å². The van der Waals surface area contributed by atoms with Gasteiger partial charge in [0.2, 0.25) is 5.91 Å². The van der Waals surface area contributed by atoms with E-state index < -0.39 is 0 Å². The molecule has 2 aliphatic heterocycles. The Kier molecular flexibility index (Phi) is 4.28. The first kappa shape index (κ1) is 13.8. The van der Waals surface area contributed by atoms with Crippen LogP contribution in [0.1, 0.15) is 40.5 Å². The number of likely N-dealkylation sites (tertiary alicyclic amines) is 1. The lowest BCUT2D eigenvalue weighted by atomic mass is 10.0. The Morgan fingerprint density at radius 3 is 2.78 bits per heavy atom. The molecular formula is C14H27N3O. The molecule has 0 aliphatic carbocycles. The molecular weight excluding hydrogens is 226 g/mol. The SMILES string of the molecule is CCN1CCCC(N2C(=O)C(C)NC2C(C)C)C1. The number of carbonyl (C=O) groups excluding carboxylic acids is 1. The molecule has 3 atom stereocenters. The summed E-state index contributed by atoms with van der Waals surface area (Å²) in [5.41, 5.74) is 0. The molecule has 4 nitrogen and oxygen atoms in total. The Hall–Kier alpha value is -0.610. The first-order valence-corrected chi connectivity index (χ1v) is 7.35. The molecule has 0 aromatic carbocycles. The summed E-state index contributed by atoms with van der Waals surface area (Å²) >= 11 is 0. The van der Waals surface area contributed by atoms with E-state index in [0.29, 0.717) is 12.0 Å². The van der Waals surface area contributed by atoms with Gasteiger partial charge in [0, 0.05) is 12.6 Å². The summed E-state index contributed by atoms with van der Waals surface area (Å²) in [5.74, 6) is 0.757. The van der Waals surface area contributed by atoms with Crippen molar-refractivity contribution in [3.05, 3.63) is 0 Å². The molecule has 18 heavy (non-hydrogen) atoms. The summed E-state index contributed by atoms with van der Waals surface area (Å²) < 4.78 is 0. The maximum atomic E-state index is 12.4. The van der Waals surface area contributed by atoms with Crippen LogP contribution in [0.2, 0.25) is 0 Å². The molecule has 1 N–H and O–H groups in total. The molecule has 2 fully saturated rings. The summed E-state index contributed by atoms with van der Waals surface area (Å²) in [4.78, 5) is 17.0. The third-order valence-corrected chi connectivity index (χ3v) is 4.30. The van der Waals surface area contributed by atoms with Gasteiger partial charge in [-0.2, -0.15) is 0 Å². The minimum atomic E-state index is -0.0191. The molecule has 0 aromatic rings. The van der Waals surface area contributed by atoms with Crippen molar-refractivity contribution in [3.63, 3.8) is 0 Å². The van der Waals surface area contributed by atoms with E-state index in [2.05, 4.69) is 35.9 Å². The fraction of sp³-hybridized carbons (Fsp3) is 0.929. The molecule has 0 aromatic heterocycles. The number of rotatable bonds is 3. The van der Waals surface area contributed by atoms with Crippen molar-refractivity contribution in [2.75, 3.05) is 19.6 Å². The third kappa shape index (κ3) is 2.54. The van der Waals surface area contributed by atoms with Crippen molar-refractivity contribution >= 4 is 5.91 Å². The van der Waals surface area contributed by atoms with E-state index in [-0.39, 0.29) is 18.1 Å².